The van der Waals surface area contributed by atoms with Gasteiger partial charge in [-0.05, 0) is 49.9 Å². The minimum atomic E-state index is -1.13. The second-order valence-electron chi connectivity index (χ2n) is 10.2. The van der Waals surface area contributed by atoms with Crippen molar-refractivity contribution in [3.8, 4) is 0 Å². The Morgan fingerprint density at radius 3 is 2.50 bits per heavy atom. The molecule has 0 radical (unpaired) electrons. The van der Waals surface area contributed by atoms with Crippen LogP contribution in [0.5, 0.6) is 0 Å². The summed E-state index contributed by atoms with van der Waals surface area (Å²) in [6, 6.07) is 6.04. The molecule has 3 fully saturated rings. The number of likely N-dealkylation sites (tertiary alicyclic amines) is 1. The summed E-state index contributed by atoms with van der Waals surface area (Å²) in [6.07, 6.45) is 5.15. The highest BCUT2D eigenvalue weighted by Crippen LogP contribution is 2.60. The van der Waals surface area contributed by atoms with Crippen molar-refractivity contribution in [1.82, 2.24) is 9.80 Å². The van der Waals surface area contributed by atoms with Crippen LogP contribution in [0.4, 0.5) is 5.69 Å². The number of carbonyl (C=O) groups is 3. The predicted molar refractivity (Wildman–Crippen MR) is 150 cm³/mol. The number of hydrogen-bond donors (Lipinski definition) is 1. The molecule has 1 aromatic rings. The molecule has 0 aliphatic carbocycles. The fraction of sp³-hybridized carbons (Fsp3) is 0.536. The number of aliphatic hydroxyl groups excluding tert-OH is 1. The van der Waals surface area contributed by atoms with Gasteiger partial charge in [0.15, 0.2) is 0 Å². The number of ether oxygens (including phenoxy) is 1. The number of hydrogen-bond acceptors (Lipinski definition) is 5. The van der Waals surface area contributed by atoms with Crippen LogP contribution < -0.4 is 4.90 Å². The summed E-state index contributed by atoms with van der Waals surface area (Å²) in [7, 11) is 1.69. The van der Waals surface area contributed by atoms with Crippen molar-refractivity contribution in [2.24, 2.45) is 11.8 Å². The van der Waals surface area contributed by atoms with Crippen LogP contribution in [0.2, 0.25) is 5.02 Å². The Morgan fingerprint density at radius 2 is 1.87 bits per heavy atom. The van der Waals surface area contributed by atoms with Gasteiger partial charge in [-0.25, -0.2) is 0 Å². The molecule has 0 aromatic heterocycles. The minimum Gasteiger partial charge on any atom is -0.396 e. The first kappa shape index (κ1) is 28.8. The lowest BCUT2D eigenvalue weighted by molar-refractivity contribution is -0.144. The number of anilines is 1. The van der Waals surface area contributed by atoms with Crippen LogP contribution in [0.25, 0.3) is 0 Å². The number of rotatable bonds is 12. The molecule has 2 bridgehead atoms. The Kier molecular flexibility index (Phi) is 9.02. The molecule has 4 rings (SSSR count). The van der Waals surface area contributed by atoms with E-state index in [0.29, 0.717) is 49.5 Å². The Balaban J connectivity index is 1.76. The van der Waals surface area contributed by atoms with Gasteiger partial charge in [0.25, 0.3) is 5.91 Å². The lowest BCUT2D eigenvalue weighted by Gasteiger charge is -2.37. The van der Waals surface area contributed by atoms with Crippen LogP contribution in [0.15, 0.2) is 49.6 Å². The number of fused-ring (bicyclic) bond motifs is 1. The number of unbranched alkanes of at least 4 members (excludes halogenated alkanes) is 2. The van der Waals surface area contributed by atoms with Crippen LogP contribution in [-0.4, -0.2) is 88.5 Å². The minimum absolute atomic E-state index is 0.0643. The van der Waals surface area contributed by atoms with Crippen molar-refractivity contribution in [1.29, 1.82) is 0 Å². The Morgan fingerprint density at radius 1 is 1.18 bits per heavy atom. The Labute approximate surface area is 237 Å². The molecule has 38 heavy (non-hydrogen) atoms. The summed E-state index contributed by atoms with van der Waals surface area (Å²) < 4.78 is 6.59. The topological polar surface area (TPSA) is 90.4 Å². The molecule has 3 aliphatic rings. The smallest absolute Gasteiger partial charge is 0.253 e. The van der Waals surface area contributed by atoms with Crippen LogP contribution in [0.3, 0.4) is 0 Å². The molecule has 3 amide bonds. The van der Waals surface area contributed by atoms with Gasteiger partial charge in [-0.3, -0.25) is 14.4 Å². The number of benzene rings is 1. The Bertz CT molecular complexity index is 1080. The molecule has 1 N–H and O–H groups in total. The molecule has 8 nitrogen and oxygen atoms in total. The third-order valence-electron chi connectivity index (χ3n) is 7.86. The number of alkyl halides is 1. The first-order chi connectivity index (χ1) is 18.2. The van der Waals surface area contributed by atoms with Crippen LogP contribution in [0, 0.1) is 11.8 Å². The molecule has 10 heteroatoms. The lowest BCUT2D eigenvalue weighted by Crippen LogP contribution is -2.57. The maximum Gasteiger partial charge on any atom is 0.253 e. The van der Waals surface area contributed by atoms with E-state index in [1.807, 2.05) is 0 Å². The van der Waals surface area contributed by atoms with E-state index >= 15 is 0 Å². The zero-order valence-corrected chi connectivity index (χ0v) is 23.9. The molecule has 3 aliphatic heterocycles. The average molecular weight is 609 g/mol. The molecule has 1 spiro atoms. The van der Waals surface area contributed by atoms with Crippen LogP contribution in [-0.2, 0) is 19.1 Å². The zero-order chi connectivity index (χ0) is 27.6. The fourth-order valence-corrected chi connectivity index (χ4v) is 7.33. The van der Waals surface area contributed by atoms with Gasteiger partial charge in [-0.2, -0.15) is 0 Å². The summed E-state index contributed by atoms with van der Waals surface area (Å²) >= 11 is 9.80. The average Bonchev–Trinajstić information content (AvgIpc) is 3.48. The SMILES string of the molecule is C=CCN(C)C(=O)[C@H]1[C@H]2C(=O)N(CCCCCO)C(C(=O)N(CC=C)c3ccc(Cl)cc3)C23CC(Br)[C@@H]1O3. The molecule has 3 unspecified atom stereocenters. The second-order valence-corrected chi connectivity index (χ2v) is 11.8. The molecule has 0 saturated carbocycles. The zero-order valence-electron chi connectivity index (χ0n) is 21.6. The highest BCUT2D eigenvalue weighted by Gasteiger charge is 2.76. The summed E-state index contributed by atoms with van der Waals surface area (Å²) in [5.74, 6) is -2.16. The highest BCUT2D eigenvalue weighted by molar-refractivity contribution is 9.09. The van der Waals surface area contributed by atoms with E-state index in [2.05, 4.69) is 29.1 Å². The second kappa shape index (κ2) is 11.9. The number of likely N-dealkylation sites (N-methyl/N-ethyl adjacent to an activating group) is 1. The summed E-state index contributed by atoms with van der Waals surface area (Å²) in [6.45, 7) is 8.53. The van der Waals surface area contributed by atoms with Crippen molar-refractivity contribution in [3.63, 3.8) is 0 Å². The van der Waals surface area contributed by atoms with Crippen molar-refractivity contribution in [2.45, 2.75) is 48.3 Å². The van der Waals surface area contributed by atoms with Crippen molar-refractivity contribution in [2.75, 3.05) is 38.2 Å². The van der Waals surface area contributed by atoms with E-state index in [-0.39, 0.29) is 35.7 Å². The quantitative estimate of drug-likeness (QED) is 0.223. The summed E-state index contributed by atoms with van der Waals surface area (Å²) in [4.78, 5) is 46.7. The molecule has 3 saturated heterocycles. The third-order valence-corrected chi connectivity index (χ3v) is 8.96. The number of aliphatic hydroxyl groups is 1. The normalized spacial score (nSPS) is 29.3. The standard InChI is InChI=1S/C28H35BrClN3O5/c1-4-13-31(3)25(35)21-22-26(36)33(15-7-6-8-16-34)24(28(22)17-20(29)23(21)38-28)27(37)32(14-5-2)19-11-9-18(30)10-12-19/h4-5,9-12,20-24,34H,1-2,6-8,13-17H2,3H3/t20?,21-,22-,23-,24?,28?/m0/s1. The lowest BCUT2D eigenvalue weighted by atomic mass is 9.70. The van der Waals surface area contributed by atoms with Crippen molar-refractivity contribution >= 4 is 50.9 Å². The number of halogens is 2. The van der Waals surface area contributed by atoms with Gasteiger partial charge in [0.2, 0.25) is 11.8 Å². The highest BCUT2D eigenvalue weighted by atomic mass is 79.9. The number of carbonyl (C=O) groups excluding carboxylic acids is 3. The molecular weight excluding hydrogens is 574 g/mol. The predicted octanol–water partition coefficient (Wildman–Crippen LogP) is 3.41. The van der Waals surface area contributed by atoms with E-state index in [9.17, 15) is 19.5 Å². The molecule has 206 valence electrons. The third kappa shape index (κ3) is 4.94. The summed E-state index contributed by atoms with van der Waals surface area (Å²) in [5.41, 5.74) is -0.501. The van der Waals surface area contributed by atoms with Gasteiger partial charge < -0.3 is 24.5 Å². The van der Waals surface area contributed by atoms with Gasteiger partial charge in [-0.1, -0.05) is 39.7 Å². The first-order valence-electron chi connectivity index (χ1n) is 13.0. The Hall–Kier alpha value is -2.20. The summed E-state index contributed by atoms with van der Waals surface area (Å²) in [5, 5.41) is 9.78. The fourth-order valence-electron chi connectivity index (χ4n) is 6.26. The van der Waals surface area contributed by atoms with Gasteiger partial charge in [0.1, 0.15) is 11.6 Å². The number of amides is 3. The molecule has 1 aromatic carbocycles. The van der Waals surface area contributed by atoms with Crippen molar-refractivity contribution in [3.05, 3.63) is 54.6 Å². The van der Waals surface area contributed by atoms with Gasteiger partial charge in [0.05, 0.1) is 17.9 Å². The van der Waals surface area contributed by atoms with Gasteiger partial charge in [0, 0.05) is 48.8 Å². The monoisotopic (exact) mass is 607 g/mol. The first-order valence-corrected chi connectivity index (χ1v) is 14.3. The van der Waals surface area contributed by atoms with Crippen LogP contribution >= 0.6 is 27.5 Å². The van der Waals surface area contributed by atoms with Gasteiger partial charge in [-0.15, -0.1) is 13.2 Å². The van der Waals surface area contributed by atoms with Gasteiger partial charge >= 0.3 is 0 Å². The van der Waals surface area contributed by atoms with E-state index in [1.165, 1.54) is 0 Å². The number of nitrogens with zero attached hydrogens (tertiary/aromatic N) is 3. The molecular formula is C28H35BrClN3O5. The largest absolute Gasteiger partial charge is 0.396 e. The maximum atomic E-state index is 14.4. The van der Waals surface area contributed by atoms with E-state index in [0.717, 1.165) is 0 Å². The maximum absolute atomic E-state index is 14.4. The van der Waals surface area contributed by atoms with E-state index in [4.69, 9.17) is 16.3 Å². The van der Waals surface area contributed by atoms with Crippen LogP contribution in [0.1, 0.15) is 25.7 Å². The molecule has 3 heterocycles. The van der Waals surface area contributed by atoms with E-state index < -0.39 is 29.6 Å². The molecule has 6 atom stereocenters. The van der Waals surface area contributed by atoms with Crippen molar-refractivity contribution < 1.29 is 24.2 Å². The van der Waals surface area contributed by atoms with E-state index in [1.54, 1.807) is 58.2 Å².